The fourth-order valence-electron chi connectivity index (χ4n) is 1.64. The lowest BCUT2D eigenvalue weighted by molar-refractivity contribution is -0.148. The number of hydrogen-bond acceptors (Lipinski definition) is 4. The quantitative estimate of drug-likeness (QED) is 0.422. The van der Waals surface area contributed by atoms with Crippen molar-refractivity contribution in [3.8, 4) is 0 Å². The molecule has 0 aliphatic heterocycles. The van der Waals surface area contributed by atoms with Crippen molar-refractivity contribution in [3.05, 3.63) is 0 Å². The lowest BCUT2D eigenvalue weighted by Gasteiger charge is -2.17. The first kappa shape index (κ1) is 17.1. The van der Waals surface area contributed by atoms with Gasteiger partial charge in [-0.1, -0.05) is 6.04 Å². The molecular weight excluding hydrogens is 256 g/mol. The molecule has 0 aliphatic carbocycles. The number of ether oxygens (including phenoxy) is 2. The van der Waals surface area contributed by atoms with Gasteiger partial charge in [0.2, 0.25) is 0 Å². The van der Waals surface area contributed by atoms with Gasteiger partial charge in [-0.25, -0.2) is 0 Å². The van der Waals surface area contributed by atoms with Gasteiger partial charge in [0.05, 0.1) is 21.9 Å². The molecule has 0 amide bonds. The van der Waals surface area contributed by atoms with Gasteiger partial charge in [0.25, 0.3) is 0 Å². The van der Waals surface area contributed by atoms with E-state index < -0.39 is 27.4 Å². The molecule has 2 N–H and O–H groups in total. The monoisotopic (exact) mass is 278 g/mol. The van der Waals surface area contributed by atoms with Crippen molar-refractivity contribution in [1.82, 2.24) is 0 Å². The molecule has 7 heteroatoms. The predicted molar refractivity (Wildman–Crippen MR) is 68.4 cm³/mol. The van der Waals surface area contributed by atoms with Crippen molar-refractivity contribution < 1.29 is 29.3 Å². The van der Waals surface area contributed by atoms with E-state index >= 15 is 0 Å². The van der Waals surface area contributed by atoms with Gasteiger partial charge < -0.3 is 19.7 Å². The van der Waals surface area contributed by atoms with Crippen LogP contribution in [0.3, 0.4) is 0 Å². The maximum atomic E-state index is 10.9. The molecule has 0 saturated carbocycles. The fourth-order valence-corrected chi connectivity index (χ4v) is 3.51. The summed E-state index contributed by atoms with van der Waals surface area (Å²) in [5, 5.41) is 17.5. The summed E-state index contributed by atoms with van der Waals surface area (Å²) in [5.74, 6) is -3.12. The second-order valence-electron chi connectivity index (χ2n) is 3.90. The van der Waals surface area contributed by atoms with Gasteiger partial charge in [-0.2, -0.15) is 0 Å². The van der Waals surface area contributed by atoms with Crippen LogP contribution in [0.25, 0.3) is 0 Å². The molecule has 0 aliphatic rings. The number of aliphatic carboxylic acids is 2. The van der Waals surface area contributed by atoms with Crippen LogP contribution in [0.1, 0.15) is 26.7 Å². The first-order valence-corrected chi connectivity index (χ1v) is 8.00. The average molecular weight is 278 g/mol. The van der Waals surface area contributed by atoms with Crippen LogP contribution >= 0.6 is 0 Å². The normalized spacial score (nSPS) is 13.3. The van der Waals surface area contributed by atoms with Crippen LogP contribution in [0.15, 0.2) is 0 Å². The summed E-state index contributed by atoms with van der Waals surface area (Å²) < 4.78 is 10.8. The summed E-state index contributed by atoms with van der Waals surface area (Å²) >= 11 is 0. The van der Waals surface area contributed by atoms with Gasteiger partial charge in [0.15, 0.2) is 0 Å². The lowest BCUT2D eigenvalue weighted by atomic mass is 10.0. The van der Waals surface area contributed by atoms with Gasteiger partial charge in [0.1, 0.15) is 5.91 Å². The topological polar surface area (TPSA) is 93.1 Å². The first-order valence-electron chi connectivity index (χ1n) is 6.19. The second-order valence-corrected chi connectivity index (χ2v) is 5.86. The maximum absolute atomic E-state index is 10.9. The molecule has 6 nitrogen and oxygen atoms in total. The molecule has 0 radical (unpaired) electrons. The zero-order chi connectivity index (χ0) is 14.0. The molecule has 0 fully saturated rings. The molecule has 0 aromatic carbocycles. The van der Waals surface area contributed by atoms with Crippen molar-refractivity contribution in [2.75, 3.05) is 13.2 Å². The highest BCUT2D eigenvalue weighted by Gasteiger charge is 2.21. The van der Waals surface area contributed by atoms with Gasteiger partial charge in [-0.3, -0.25) is 9.59 Å². The third-order valence-corrected chi connectivity index (χ3v) is 4.23. The van der Waals surface area contributed by atoms with E-state index in [0.29, 0.717) is 25.7 Å². The Morgan fingerprint density at radius 1 is 1.17 bits per heavy atom. The average Bonchev–Trinajstić information content (AvgIpc) is 2.27. The van der Waals surface area contributed by atoms with E-state index in [0.717, 1.165) is 0 Å². The van der Waals surface area contributed by atoms with Crippen molar-refractivity contribution >= 4 is 21.5 Å². The van der Waals surface area contributed by atoms with Crippen LogP contribution in [0.4, 0.5) is 0 Å². The summed E-state index contributed by atoms with van der Waals surface area (Å²) in [4.78, 5) is 21.4. The highest BCUT2D eigenvalue weighted by Crippen LogP contribution is 2.13. The van der Waals surface area contributed by atoms with E-state index in [9.17, 15) is 9.59 Å². The van der Waals surface area contributed by atoms with Crippen molar-refractivity contribution in [2.24, 2.45) is 5.92 Å². The van der Waals surface area contributed by atoms with E-state index in [2.05, 4.69) is 0 Å². The van der Waals surface area contributed by atoms with E-state index in [1.165, 1.54) is 0 Å². The Morgan fingerprint density at radius 3 is 2.11 bits per heavy atom. The Labute approximate surface area is 109 Å². The van der Waals surface area contributed by atoms with Crippen LogP contribution in [0, 0.1) is 5.92 Å². The molecule has 1 unspecified atom stereocenters. The molecule has 0 spiro atoms. The third-order valence-electron chi connectivity index (χ3n) is 2.47. The summed E-state index contributed by atoms with van der Waals surface area (Å²) in [6.07, 6.45) is 0.0577. The highest BCUT2D eigenvalue weighted by molar-refractivity contribution is 6.36. The Bertz CT molecular complexity index is 252. The zero-order valence-corrected chi connectivity index (χ0v) is 12.3. The zero-order valence-electron chi connectivity index (χ0n) is 10.9. The largest absolute Gasteiger partial charge is 0.481 e. The third kappa shape index (κ3) is 8.21. The maximum Gasteiger partial charge on any atom is 0.307 e. The number of carbonyl (C=O) groups is 2. The molecule has 0 aromatic heterocycles. The van der Waals surface area contributed by atoms with E-state index in [1.807, 2.05) is 13.8 Å². The SMILES string of the molecule is CCOC(OCC)[SiH2]CCC(CC(=O)O)C(=O)O. The molecule has 0 aromatic rings. The Kier molecular flexibility index (Phi) is 9.53. The number of hydrogen-bond donors (Lipinski definition) is 2. The summed E-state index contributed by atoms with van der Waals surface area (Å²) in [6.45, 7) is 4.89. The molecule has 0 saturated heterocycles. The Morgan fingerprint density at radius 2 is 1.72 bits per heavy atom. The minimum atomic E-state index is -1.07. The molecule has 0 bridgehead atoms. The van der Waals surface area contributed by atoms with Gasteiger partial charge in [-0.15, -0.1) is 0 Å². The Hall–Kier alpha value is -0.923. The fraction of sp³-hybridized carbons (Fsp3) is 0.818. The molecule has 106 valence electrons. The van der Waals surface area contributed by atoms with E-state index in [1.54, 1.807) is 0 Å². The molecule has 0 heterocycles. The predicted octanol–water partition coefficient (Wildman–Crippen LogP) is 0.496. The first-order chi connectivity index (χ1) is 8.51. The van der Waals surface area contributed by atoms with E-state index in [4.69, 9.17) is 19.7 Å². The minimum Gasteiger partial charge on any atom is -0.481 e. The van der Waals surface area contributed by atoms with Crippen LogP contribution in [-0.4, -0.2) is 50.8 Å². The molecule has 0 rings (SSSR count). The van der Waals surface area contributed by atoms with Gasteiger partial charge in [-0.05, 0) is 20.3 Å². The lowest BCUT2D eigenvalue weighted by Crippen LogP contribution is -2.26. The Balaban J connectivity index is 4.02. The minimum absolute atomic E-state index is 0.195. The van der Waals surface area contributed by atoms with Crippen molar-refractivity contribution in [2.45, 2.75) is 38.6 Å². The smallest absolute Gasteiger partial charge is 0.307 e. The van der Waals surface area contributed by atoms with Crippen LogP contribution in [0.2, 0.25) is 6.04 Å². The molecule has 18 heavy (non-hydrogen) atoms. The van der Waals surface area contributed by atoms with Crippen molar-refractivity contribution in [3.63, 3.8) is 0 Å². The number of carboxylic acid groups (broad SMARTS) is 2. The number of carboxylic acids is 2. The molecular formula is C11H22O6Si. The summed E-state index contributed by atoms with van der Waals surface area (Å²) in [5.41, 5.74) is 0. The second kappa shape index (κ2) is 10.0. The van der Waals surface area contributed by atoms with Crippen LogP contribution < -0.4 is 0 Å². The standard InChI is InChI=1S/C11H22O6Si/c1-3-16-11(17-4-2)18-6-5-8(10(14)15)7-9(12)13/h8,11H,3-7,18H2,1-2H3,(H,12,13)(H,14,15). The van der Waals surface area contributed by atoms with Crippen LogP contribution in [0.5, 0.6) is 0 Å². The summed E-state index contributed by atoms with van der Waals surface area (Å²) in [6, 6.07) is 0.703. The van der Waals surface area contributed by atoms with E-state index in [-0.39, 0.29) is 12.3 Å². The van der Waals surface area contributed by atoms with Gasteiger partial charge in [0, 0.05) is 13.2 Å². The van der Waals surface area contributed by atoms with Crippen molar-refractivity contribution in [1.29, 1.82) is 0 Å². The summed E-state index contributed by atoms with van der Waals surface area (Å²) in [7, 11) is -0.706. The van der Waals surface area contributed by atoms with Gasteiger partial charge >= 0.3 is 11.9 Å². The number of rotatable bonds is 11. The van der Waals surface area contributed by atoms with Crippen LogP contribution in [-0.2, 0) is 19.1 Å². The highest BCUT2D eigenvalue weighted by atomic mass is 28.2. The molecule has 1 atom stereocenters.